The van der Waals surface area contributed by atoms with Crippen LogP contribution in [0.4, 0.5) is 0 Å². The molecule has 0 aliphatic heterocycles. The van der Waals surface area contributed by atoms with Gasteiger partial charge in [-0.05, 0) is 37.7 Å². The number of nitrogens with one attached hydrogen (secondary N) is 1. The van der Waals surface area contributed by atoms with Crippen LogP contribution < -0.4 is 10.1 Å². The third kappa shape index (κ3) is 6.85. The molecule has 3 heteroatoms. The van der Waals surface area contributed by atoms with Crippen molar-refractivity contribution in [1.82, 2.24) is 10.2 Å². The lowest BCUT2D eigenvalue weighted by Gasteiger charge is -2.14. The molecule has 1 aromatic carbocycles. The summed E-state index contributed by atoms with van der Waals surface area (Å²) in [4.78, 5) is 2.06. The fourth-order valence-corrected chi connectivity index (χ4v) is 1.67. The van der Waals surface area contributed by atoms with E-state index in [1.54, 1.807) is 0 Å². The number of hydrogen-bond donors (Lipinski definition) is 1. The van der Waals surface area contributed by atoms with E-state index in [0.717, 1.165) is 31.8 Å². The van der Waals surface area contributed by atoms with Crippen LogP contribution in [-0.4, -0.2) is 38.2 Å². The summed E-state index contributed by atoms with van der Waals surface area (Å²) in [5.74, 6) is 3.52. The molecule has 1 aromatic rings. The first-order valence-electron chi connectivity index (χ1n) is 6.80. The van der Waals surface area contributed by atoms with Gasteiger partial charge in [-0.3, -0.25) is 4.90 Å². The van der Waals surface area contributed by atoms with Gasteiger partial charge in [0.05, 0.1) is 6.54 Å². The molecule has 1 rings (SSSR count). The first-order valence-corrected chi connectivity index (χ1v) is 6.80. The lowest BCUT2D eigenvalue weighted by atomic mass is 10.2. The maximum Gasteiger partial charge on any atom is 0.119 e. The highest BCUT2D eigenvalue weighted by atomic mass is 16.5. The van der Waals surface area contributed by atoms with Crippen molar-refractivity contribution in [3.63, 3.8) is 0 Å². The van der Waals surface area contributed by atoms with Gasteiger partial charge in [-0.25, -0.2) is 0 Å². The zero-order chi connectivity index (χ0) is 13.9. The molecule has 0 spiro atoms. The number of nitrogens with zero attached hydrogens (tertiary/aromatic N) is 1. The fourth-order valence-electron chi connectivity index (χ4n) is 1.67. The Kier molecular flexibility index (Phi) is 7.72. The van der Waals surface area contributed by atoms with Crippen molar-refractivity contribution in [2.24, 2.45) is 0 Å². The Labute approximate surface area is 117 Å². The molecule has 0 saturated carbocycles. The second-order valence-corrected chi connectivity index (χ2v) is 4.61. The summed E-state index contributed by atoms with van der Waals surface area (Å²) in [6.07, 6.45) is 6.40. The molecule has 0 heterocycles. The zero-order valence-electron chi connectivity index (χ0n) is 12.0. The Hall–Kier alpha value is -1.50. The van der Waals surface area contributed by atoms with Crippen LogP contribution in [0.2, 0.25) is 0 Å². The summed E-state index contributed by atoms with van der Waals surface area (Å²) in [6.45, 7) is 6.29. The summed E-state index contributed by atoms with van der Waals surface area (Å²) in [5.41, 5.74) is 1.28. The maximum absolute atomic E-state index is 5.67. The Balaban J connectivity index is 2.26. The Morgan fingerprint density at radius 2 is 2.05 bits per heavy atom. The van der Waals surface area contributed by atoms with Gasteiger partial charge in [0.25, 0.3) is 0 Å². The van der Waals surface area contributed by atoms with Gasteiger partial charge in [-0.2, -0.15) is 0 Å². The van der Waals surface area contributed by atoms with Crippen LogP contribution in [0.15, 0.2) is 24.3 Å². The summed E-state index contributed by atoms with van der Waals surface area (Å²) in [6, 6.07) is 8.24. The minimum Gasteiger partial charge on any atom is -0.492 e. The molecular formula is C16H24N2O. The van der Waals surface area contributed by atoms with E-state index in [1.165, 1.54) is 5.56 Å². The number of likely N-dealkylation sites (N-methyl/N-ethyl adjacent to an activating group) is 1. The van der Waals surface area contributed by atoms with E-state index in [9.17, 15) is 0 Å². The van der Waals surface area contributed by atoms with Gasteiger partial charge in [0, 0.05) is 13.1 Å². The number of terminal acetylenes is 1. The molecule has 0 aliphatic carbocycles. The van der Waals surface area contributed by atoms with E-state index in [0.29, 0.717) is 13.2 Å². The van der Waals surface area contributed by atoms with E-state index in [1.807, 2.05) is 19.2 Å². The van der Waals surface area contributed by atoms with Gasteiger partial charge in [0.1, 0.15) is 12.4 Å². The molecule has 0 aliphatic rings. The largest absolute Gasteiger partial charge is 0.492 e. The predicted molar refractivity (Wildman–Crippen MR) is 80.3 cm³/mol. The number of hydrogen-bond acceptors (Lipinski definition) is 3. The van der Waals surface area contributed by atoms with Crippen molar-refractivity contribution in [3.05, 3.63) is 29.8 Å². The van der Waals surface area contributed by atoms with Gasteiger partial charge in [-0.15, -0.1) is 6.42 Å². The van der Waals surface area contributed by atoms with Gasteiger partial charge in [0.2, 0.25) is 0 Å². The Morgan fingerprint density at radius 3 is 2.68 bits per heavy atom. The van der Waals surface area contributed by atoms with Crippen LogP contribution in [0.5, 0.6) is 5.75 Å². The van der Waals surface area contributed by atoms with Gasteiger partial charge in [0.15, 0.2) is 0 Å². The third-order valence-electron chi connectivity index (χ3n) is 2.78. The van der Waals surface area contributed by atoms with Crippen LogP contribution in [0.1, 0.15) is 18.9 Å². The van der Waals surface area contributed by atoms with Gasteiger partial charge in [-0.1, -0.05) is 25.0 Å². The first-order chi connectivity index (χ1) is 9.26. The minimum atomic E-state index is 0.658. The molecule has 19 heavy (non-hydrogen) atoms. The SMILES string of the molecule is C#CCN(C)CCOc1ccc(CNCCC)cc1. The summed E-state index contributed by atoms with van der Waals surface area (Å²) in [7, 11) is 1.99. The second-order valence-electron chi connectivity index (χ2n) is 4.61. The molecule has 0 radical (unpaired) electrons. The topological polar surface area (TPSA) is 24.5 Å². The normalized spacial score (nSPS) is 10.4. The van der Waals surface area contributed by atoms with E-state index in [2.05, 4.69) is 35.2 Å². The smallest absolute Gasteiger partial charge is 0.119 e. The van der Waals surface area contributed by atoms with Crippen molar-refractivity contribution < 1.29 is 4.74 Å². The second kappa shape index (κ2) is 9.43. The molecule has 0 aromatic heterocycles. The minimum absolute atomic E-state index is 0.658. The Bertz CT molecular complexity index is 381. The van der Waals surface area contributed by atoms with Crippen molar-refractivity contribution in [1.29, 1.82) is 0 Å². The fraction of sp³-hybridized carbons (Fsp3) is 0.500. The van der Waals surface area contributed by atoms with Gasteiger partial charge < -0.3 is 10.1 Å². The molecule has 3 nitrogen and oxygen atoms in total. The molecule has 1 N–H and O–H groups in total. The standard InChI is InChI=1S/C16H24N2O/c1-4-10-17-14-15-6-8-16(9-7-15)19-13-12-18(3)11-5-2/h2,6-9,17H,4,10-14H2,1,3H3. The highest BCUT2D eigenvalue weighted by molar-refractivity contribution is 5.27. The lowest BCUT2D eigenvalue weighted by Crippen LogP contribution is -2.24. The van der Waals surface area contributed by atoms with Crippen LogP contribution >= 0.6 is 0 Å². The molecule has 0 bridgehead atoms. The van der Waals surface area contributed by atoms with E-state index < -0.39 is 0 Å². The van der Waals surface area contributed by atoms with E-state index >= 15 is 0 Å². The molecule has 0 amide bonds. The number of ether oxygens (including phenoxy) is 1. The molecule has 0 fully saturated rings. The molecule has 0 unspecified atom stereocenters. The first kappa shape index (κ1) is 15.6. The third-order valence-corrected chi connectivity index (χ3v) is 2.78. The molecule has 104 valence electrons. The highest BCUT2D eigenvalue weighted by Gasteiger charge is 1.98. The van der Waals surface area contributed by atoms with E-state index in [4.69, 9.17) is 11.2 Å². The summed E-state index contributed by atoms with van der Waals surface area (Å²) in [5, 5.41) is 3.38. The van der Waals surface area contributed by atoms with Crippen molar-refractivity contribution in [2.45, 2.75) is 19.9 Å². The summed E-state index contributed by atoms with van der Waals surface area (Å²) < 4.78 is 5.67. The number of rotatable bonds is 9. The maximum atomic E-state index is 5.67. The highest BCUT2D eigenvalue weighted by Crippen LogP contribution is 2.12. The monoisotopic (exact) mass is 260 g/mol. The average molecular weight is 260 g/mol. The van der Waals surface area contributed by atoms with Crippen molar-refractivity contribution in [2.75, 3.05) is 33.3 Å². The Morgan fingerprint density at radius 1 is 1.32 bits per heavy atom. The molecular weight excluding hydrogens is 236 g/mol. The van der Waals surface area contributed by atoms with Crippen molar-refractivity contribution in [3.8, 4) is 18.1 Å². The average Bonchev–Trinajstić information content (AvgIpc) is 2.41. The van der Waals surface area contributed by atoms with Crippen LogP contribution in [0.3, 0.4) is 0 Å². The van der Waals surface area contributed by atoms with Gasteiger partial charge >= 0.3 is 0 Å². The van der Waals surface area contributed by atoms with Crippen LogP contribution in [0, 0.1) is 12.3 Å². The summed E-state index contributed by atoms with van der Waals surface area (Å²) >= 11 is 0. The van der Waals surface area contributed by atoms with Crippen LogP contribution in [0.25, 0.3) is 0 Å². The van der Waals surface area contributed by atoms with E-state index in [-0.39, 0.29) is 0 Å². The molecule has 0 atom stereocenters. The zero-order valence-corrected chi connectivity index (χ0v) is 12.0. The lowest BCUT2D eigenvalue weighted by molar-refractivity contribution is 0.251. The number of benzene rings is 1. The molecule has 0 saturated heterocycles. The van der Waals surface area contributed by atoms with Crippen molar-refractivity contribution >= 4 is 0 Å². The quantitative estimate of drug-likeness (QED) is 0.544. The predicted octanol–water partition coefficient (Wildman–Crippen LogP) is 2.13. The van der Waals surface area contributed by atoms with Crippen LogP contribution in [-0.2, 0) is 6.54 Å².